The van der Waals surface area contributed by atoms with Crippen LogP contribution in [0.2, 0.25) is 5.02 Å². The molecule has 1 aliphatic heterocycles. The smallest absolute Gasteiger partial charge is 0.410 e. The van der Waals surface area contributed by atoms with Crippen molar-refractivity contribution in [2.24, 2.45) is 0 Å². The number of ether oxygens (including phenoxy) is 1. The fourth-order valence-electron chi connectivity index (χ4n) is 3.10. The Bertz CT molecular complexity index is 598. The molecule has 132 valence electrons. The SMILES string of the molecule is CC(C)(C)OC(=O)N1CCC(CC(=O)O)(c2ccc(Cl)cc2)CC1. The number of aliphatic carboxylic acids is 1. The van der Waals surface area contributed by atoms with E-state index in [0.717, 1.165) is 5.56 Å². The highest BCUT2D eigenvalue weighted by Crippen LogP contribution is 2.39. The third-order valence-corrected chi connectivity index (χ3v) is 4.57. The van der Waals surface area contributed by atoms with Gasteiger partial charge in [0.2, 0.25) is 0 Å². The van der Waals surface area contributed by atoms with Gasteiger partial charge in [-0.15, -0.1) is 0 Å². The highest BCUT2D eigenvalue weighted by atomic mass is 35.5. The van der Waals surface area contributed by atoms with E-state index >= 15 is 0 Å². The van der Waals surface area contributed by atoms with Gasteiger partial charge < -0.3 is 14.7 Å². The maximum Gasteiger partial charge on any atom is 0.410 e. The van der Waals surface area contributed by atoms with E-state index < -0.39 is 17.0 Å². The molecule has 2 rings (SSSR count). The molecular weight excluding hydrogens is 330 g/mol. The van der Waals surface area contributed by atoms with Gasteiger partial charge in [-0.2, -0.15) is 0 Å². The van der Waals surface area contributed by atoms with Crippen molar-refractivity contribution in [3.63, 3.8) is 0 Å². The fourth-order valence-corrected chi connectivity index (χ4v) is 3.23. The summed E-state index contributed by atoms with van der Waals surface area (Å²) in [5.74, 6) is -0.837. The molecule has 1 N–H and O–H groups in total. The lowest BCUT2D eigenvalue weighted by atomic mass is 9.70. The molecule has 1 heterocycles. The minimum atomic E-state index is -0.837. The average molecular weight is 354 g/mol. The van der Waals surface area contributed by atoms with Crippen LogP contribution in [0.4, 0.5) is 4.79 Å². The van der Waals surface area contributed by atoms with Gasteiger partial charge in [-0.05, 0) is 51.3 Å². The topological polar surface area (TPSA) is 66.8 Å². The van der Waals surface area contributed by atoms with Crippen LogP contribution in [0.5, 0.6) is 0 Å². The summed E-state index contributed by atoms with van der Waals surface area (Å²) in [5.41, 5.74) is -0.0595. The second-order valence-corrected chi connectivity index (χ2v) is 7.76. The number of carbonyl (C=O) groups excluding carboxylic acids is 1. The van der Waals surface area contributed by atoms with Crippen molar-refractivity contribution in [1.29, 1.82) is 0 Å². The van der Waals surface area contributed by atoms with Gasteiger partial charge >= 0.3 is 12.1 Å². The number of piperidine rings is 1. The molecule has 24 heavy (non-hydrogen) atoms. The summed E-state index contributed by atoms with van der Waals surface area (Å²) in [5, 5.41) is 9.96. The van der Waals surface area contributed by atoms with E-state index in [-0.39, 0.29) is 12.5 Å². The maximum absolute atomic E-state index is 12.2. The molecule has 0 atom stereocenters. The van der Waals surface area contributed by atoms with Crippen molar-refractivity contribution in [2.75, 3.05) is 13.1 Å². The Morgan fingerprint density at radius 3 is 2.21 bits per heavy atom. The molecule has 0 saturated carbocycles. The van der Waals surface area contributed by atoms with Crippen LogP contribution in [0.25, 0.3) is 0 Å². The van der Waals surface area contributed by atoms with Gasteiger partial charge in [0, 0.05) is 23.5 Å². The van der Waals surface area contributed by atoms with Crippen molar-refractivity contribution >= 4 is 23.7 Å². The Morgan fingerprint density at radius 1 is 1.21 bits per heavy atom. The van der Waals surface area contributed by atoms with Gasteiger partial charge in [0.05, 0.1) is 6.42 Å². The predicted octanol–water partition coefficient (Wildman–Crippen LogP) is 4.08. The lowest BCUT2D eigenvalue weighted by Gasteiger charge is -2.41. The number of halogens is 1. The molecule has 1 fully saturated rings. The summed E-state index contributed by atoms with van der Waals surface area (Å²) < 4.78 is 5.40. The maximum atomic E-state index is 12.2. The summed E-state index contributed by atoms with van der Waals surface area (Å²) in [4.78, 5) is 25.2. The number of carbonyl (C=O) groups is 2. The molecular formula is C18H24ClNO4. The van der Waals surface area contributed by atoms with Crippen molar-refractivity contribution in [3.05, 3.63) is 34.9 Å². The summed E-state index contributed by atoms with van der Waals surface area (Å²) >= 11 is 5.94. The molecule has 1 aromatic rings. The van der Waals surface area contributed by atoms with Gasteiger partial charge in [0.1, 0.15) is 5.60 Å². The predicted molar refractivity (Wildman–Crippen MR) is 92.4 cm³/mol. The Labute approximate surface area is 147 Å². The van der Waals surface area contributed by atoms with Gasteiger partial charge in [0.25, 0.3) is 0 Å². The lowest BCUT2D eigenvalue weighted by molar-refractivity contribution is -0.139. The van der Waals surface area contributed by atoms with Gasteiger partial charge in [-0.25, -0.2) is 4.79 Å². The monoisotopic (exact) mass is 353 g/mol. The zero-order chi connectivity index (χ0) is 18.0. The molecule has 1 aliphatic rings. The van der Waals surface area contributed by atoms with Crippen molar-refractivity contribution in [3.8, 4) is 0 Å². The van der Waals surface area contributed by atoms with Crippen LogP contribution >= 0.6 is 11.6 Å². The fraction of sp³-hybridized carbons (Fsp3) is 0.556. The van der Waals surface area contributed by atoms with E-state index in [2.05, 4.69) is 0 Å². The summed E-state index contributed by atoms with van der Waals surface area (Å²) in [7, 11) is 0. The van der Waals surface area contributed by atoms with Crippen LogP contribution in [0.3, 0.4) is 0 Å². The number of rotatable bonds is 3. The first-order chi connectivity index (χ1) is 11.1. The number of likely N-dealkylation sites (tertiary alicyclic amines) is 1. The first-order valence-electron chi connectivity index (χ1n) is 8.07. The van der Waals surface area contributed by atoms with Crippen molar-refractivity contribution in [2.45, 2.75) is 51.0 Å². The molecule has 0 spiro atoms. The molecule has 0 radical (unpaired) electrons. The standard InChI is InChI=1S/C18H24ClNO4/c1-17(2,3)24-16(23)20-10-8-18(9-11-20,12-15(21)22)13-4-6-14(19)7-5-13/h4-7H,8-12H2,1-3H3,(H,21,22). The molecule has 0 unspecified atom stereocenters. The van der Waals surface area contributed by atoms with Crippen LogP contribution in [0, 0.1) is 0 Å². The summed E-state index contributed by atoms with van der Waals surface area (Å²) in [6, 6.07) is 7.32. The van der Waals surface area contributed by atoms with Gasteiger partial charge in [0.15, 0.2) is 0 Å². The molecule has 1 saturated heterocycles. The molecule has 1 amide bonds. The van der Waals surface area contributed by atoms with E-state index in [1.807, 2.05) is 32.9 Å². The largest absolute Gasteiger partial charge is 0.481 e. The first kappa shape index (κ1) is 18.6. The Balaban J connectivity index is 2.14. The van der Waals surface area contributed by atoms with Gasteiger partial charge in [-0.1, -0.05) is 23.7 Å². The number of benzene rings is 1. The molecule has 6 heteroatoms. The second kappa shape index (κ2) is 7.01. The number of hydrogen-bond acceptors (Lipinski definition) is 3. The van der Waals surface area contributed by atoms with E-state index in [0.29, 0.717) is 31.0 Å². The van der Waals surface area contributed by atoms with Crippen LogP contribution in [0.1, 0.15) is 45.6 Å². The average Bonchev–Trinajstić information content (AvgIpc) is 2.46. The van der Waals surface area contributed by atoms with E-state index in [1.54, 1.807) is 17.0 Å². The highest BCUT2D eigenvalue weighted by Gasteiger charge is 2.40. The van der Waals surface area contributed by atoms with E-state index in [9.17, 15) is 14.7 Å². The number of amides is 1. The zero-order valence-corrected chi connectivity index (χ0v) is 15.1. The minimum absolute atomic E-state index is 0.0385. The first-order valence-corrected chi connectivity index (χ1v) is 8.45. The third-order valence-electron chi connectivity index (χ3n) is 4.32. The van der Waals surface area contributed by atoms with Crippen molar-refractivity contribution in [1.82, 2.24) is 4.90 Å². The van der Waals surface area contributed by atoms with Gasteiger partial charge in [-0.3, -0.25) is 4.79 Å². The number of nitrogens with zero attached hydrogens (tertiary/aromatic N) is 1. The Hall–Kier alpha value is -1.75. The minimum Gasteiger partial charge on any atom is -0.481 e. The number of hydrogen-bond donors (Lipinski definition) is 1. The summed E-state index contributed by atoms with van der Waals surface area (Å²) in [6.07, 6.45) is 0.861. The molecule has 5 nitrogen and oxygen atoms in total. The Kier molecular flexibility index (Phi) is 5.43. The summed E-state index contributed by atoms with van der Waals surface area (Å²) in [6.45, 7) is 6.45. The normalized spacial score (nSPS) is 17.4. The third kappa shape index (κ3) is 4.63. The molecule has 0 aliphatic carbocycles. The zero-order valence-electron chi connectivity index (χ0n) is 14.3. The quantitative estimate of drug-likeness (QED) is 0.888. The second-order valence-electron chi connectivity index (χ2n) is 7.33. The lowest BCUT2D eigenvalue weighted by Crippen LogP contribution is -2.47. The number of carboxylic acid groups (broad SMARTS) is 1. The van der Waals surface area contributed by atoms with Crippen LogP contribution in [-0.4, -0.2) is 40.8 Å². The molecule has 1 aromatic carbocycles. The van der Waals surface area contributed by atoms with Crippen LogP contribution < -0.4 is 0 Å². The van der Waals surface area contributed by atoms with E-state index in [1.165, 1.54) is 0 Å². The number of carboxylic acids is 1. The molecule has 0 aromatic heterocycles. The molecule has 0 bridgehead atoms. The van der Waals surface area contributed by atoms with Crippen LogP contribution in [0.15, 0.2) is 24.3 Å². The van der Waals surface area contributed by atoms with E-state index in [4.69, 9.17) is 16.3 Å². The Morgan fingerprint density at radius 2 is 1.75 bits per heavy atom. The van der Waals surface area contributed by atoms with Crippen molar-refractivity contribution < 1.29 is 19.4 Å². The highest BCUT2D eigenvalue weighted by molar-refractivity contribution is 6.30. The van der Waals surface area contributed by atoms with Crippen LogP contribution in [-0.2, 0) is 14.9 Å².